The number of benzene rings is 6. The Kier molecular flexibility index (Phi) is 18.3. The maximum absolute atomic E-state index is 13.8. The van der Waals surface area contributed by atoms with Gasteiger partial charge in [0.15, 0.2) is 10.3 Å². The Morgan fingerprint density at radius 1 is 0.633 bits per heavy atom. The van der Waals surface area contributed by atoms with Crippen molar-refractivity contribution in [2.24, 2.45) is 0 Å². The number of hydrogen-bond donors (Lipinski definition) is 4. The summed E-state index contributed by atoms with van der Waals surface area (Å²) in [4.78, 5) is 37.1. The van der Waals surface area contributed by atoms with Crippen LogP contribution < -0.4 is 40.4 Å². The molecule has 2 atom stereocenters. The SMILES string of the molecule is CC(C)(C)[Si](O[C@@H](CCO)C(=O)Nc1ccc(S(=O)(=O)Nc2nccs2)cc1)(c1ccccc1)c1ccccc1.CC(C)(C)[Si](O[C@H]1CCN(c2ccc(S(=O)(=O)Nc3nccs3)cc2)C1=O)(c1ccccc1)c1ccccc1. The van der Waals surface area contributed by atoms with Crippen LogP contribution in [-0.2, 0) is 38.5 Å². The van der Waals surface area contributed by atoms with E-state index in [1.807, 2.05) is 97.1 Å². The summed E-state index contributed by atoms with van der Waals surface area (Å²) in [5, 5.41) is 20.4. The lowest BCUT2D eigenvalue weighted by molar-refractivity contribution is -0.124. The Bertz CT molecular complexity index is 3410. The number of amides is 2. The zero-order valence-corrected chi connectivity index (χ0v) is 49.9. The van der Waals surface area contributed by atoms with E-state index in [1.54, 1.807) is 27.8 Å². The van der Waals surface area contributed by atoms with E-state index in [4.69, 9.17) is 8.85 Å². The lowest BCUT2D eigenvalue weighted by atomic mass is 10.2. The molecule has 79 heavy (non-hydrogen) atoms. The molecular formula is C58H64N6O9S4Si2. The number of nitrogens with zero attached hydrogens (tertiary/aromatic N) is 3. The molecule has 6 aromatic carbocycles. The zero-order valence-electron chi connectivity index (χ0n) is 44.6. The number of sulfonamides is 2. The molecule has 3 heterocycles. The molecular weight excluding hydrogens is 1110 g/mol. The summed E-state index contributed by atoms with van der Waals surface area (Å²) in [6.45, 7) is 13.2. The van der Waals surface area contributed by atoms with Gasteiger partial charge in [-0.3, -0.25) is 19.0 Å². The van der Waals surface area contributed by atoms with Gasteiger partial charge in [0, 0.05) is 54.1 Å². The summed E-state index contributed by atoms with van der Waals surface area (Å²) in [5.41, 5.74) is 1.05. The standard InChI is InChI=1S/C29H33N3O5S2Si.C29H31N3O4S2Si/c1-29(2,3)40(24-10-6-4-7-11-24,25-12-8-5-9-13-25)37-26(18-20-33)27(34)31-22-14-16-23(17-15-22)39(35,36)32-28-30-19-21-38-28;1-29(2,3)39(24-10-6-4-7-11-24,25-12-8-5-9-13-25)36-26-18-20-32(27(26)33)22-14-16-23(17-15-22)38(34,35)31-28-30-19-21-37-28/h4-17,19,21,26,33H,18,20H2,1-3H3,(H,30,32)(H,31,34);4-17,19,21,26H,18,20H2,1-3H3,(H,30,31)/t2*26-/m00/s1. The van der Waals surface area contributed by atoms with Gasteiger partial charge in [-0.05, 0) is 85.8 Å². The molecule has 21 heteroatoms. The first-order valence-corrected chi connectivity index (χ1v) is 34.1. The minimum absolute atomic E-state index is 0.0381. The Hall–Kier alpha value is -6.67. The summed E-state index contributed by atoms with van der Waals surface area (Å²) in [6.07, 6.45) is 2.14. The predicted molar refractivity (Wildman–Crippen MR) is 321 cm³/mol. The minimum atomic E-state index is -3.82. The Labute approximate surface area is 473 Å². The van der Waals surface area contributed by atoms with Gasteiger partial charge in [-0.15, -0.1) is 22.7 Å². The topological polar surface area (TPSA) is 206 Å². The van der Waals surface area contributed by atoms with Crippen molar-refractivity contribution in [1.29, 1.82) is 0 Å². The smallest absolute Gasteiger partial charge is 0.263 e. The summed E-state index contributed by atoms with van der Waals surface area (Å²) in [5.74, 6) is -0.530. The molecule has 0 radical (unpaired) electrons. The summed E-state index contributed by atoms with van der Waals surface area (Å²) >= 11 is 2.38. The van der Waals surface area contributed by atoms with E-state index >= 15 is 0 Å². The first-order chi connectivity index (χ1) is 37.7. The van der Waals surface area contributed by atoms with E-state index in [-0.39, 0.29) is 43.9 Å². The van der Waals surface area contributed by atoms with Gasteiger partial charge in [-0.25, -0.2) is 26.8 Å². The Morgan fingerprint density at radius 3 is 1.42 bits per heavy atom. The highest BCUT2D eigenvalue weighted by molar-refractivity contribution is 7.93. The third-order valence-corrected chi connectivity index (χ3v) is 27.9. The second-order valence-corrected chi connectivity index (χ2v) is 34.4. The Balaban J connectivity index is 0.000000208. The van der Waals surface area contributed by atoms with E-state index < -0.39 is 54.8 Å². The predicted octanol–water partition coefficient (Wildman–Crippen LogP) is 8.84. The van der Waals surface area contributed by atoms with Crippen molar-refractivity contribution in [1.82, 2.24) is 9.97 Å². The van der Waals surface area contributed by atoms with Crippen LogP contribution in [0.5, 0.6) is 0 Å². The summed E-state index contributed by atoms with van der Waals surface area (Å²) in [6, 6.07) is 52.7. The van der Waals surface area contributed by atoms with Crippen molar-refractivity contribution >= 4 is 114 Å². The first kappa shape index (κ1) is 58.5. The molecule has 0 bridgehead atoms. The number of carbonyl (C=O) groups is 2. The third-order valence-electron chi connectivity index (χ3n) is 13.5. The van der Waals surface area contributed by atoms with E-state index in [9.17, 15) is 31.5 Å². The van der Waals surface area contributed by atoms with Crippen LogP contribution in [0.4, 0.5) is 21.6 Å². The highest BCUT2D eigenvalue weighted by atomic mass is 32.2. The highest BCUT2D eigenvalue weighted by Crippen LogP contribution is 2.40. The first-order valence-electron chi connectivity index (χ1n) is 25.5. The molecule has 9 rings (SSSR count). The van der Waals surface area contributed by atoms with E-state index in [2.05, 4.69) is 90.5 Å². The Morgan fingerprint density at radius 2 is 1.04 bits per heavy atom. The molecule has 1 aliphatic heterocycles. The molecule has 15 nitrogen and oxygen atoms in total. The number of aliphatic hydroxyl groups is 1. The molecule has 1 saturated heterocycles. The van der Waals surface area contributed by atoms with Gasteiger partial charge in [0.1, 0.15) is 12.2 Å². The van der Waals surface area contributed by atoms with Crippen molar-refractivity contribution in [3.8, 4) is 0 Å². The third kappa shape index (κ3) is 13.2. The van der Waals surface area contributed by atoms with Gasteiger partial charge in [0.05, 0.1) is 9.79 Å². The molecule has 1 aliphatic rings. The van der Waals surface area contributed by atoms with Gasteiger partial charge in [-0.1, -0.05) is 163 Å². The van der Waals surface area contributed by atoms with Crippen LogP contribution in [-0.4, -0.2) is 85.7 Å². The number of anilines is 4. The normalized spacial score (nSPS) is 14.7. The number of hydrogen-bond acceptors (Lipinski definition) is 13. The lowest BCUT2D eigenvalue weighted by Gasteiger charge is -2.44. The zero-order chi connectivity index (χ0) is 56.5. The number of aromatic nitrogens is 2. The molecule has 1 fully saturated rings. The monoisotopic (exact) mass is 1170 g/mol. The fraction of sp³-hybridized carbons (Fsp3) is 0.241. The van der Waals surface area contributed by atoms with Crippen LogP contribution in [0, 0.1) is 0 Å². The second-order valence-electron chi connectivity index (χ2n) is 20.7. The fourth-order valence-corrected chi connectivity index (χ4v) is 22.7. The second kappa shape index (κ2) is 24.8. The maximum atomic E-state index is 13.8. The molecule has 2 aromatic heterocycles. The molecule has 2 amide bonds. The number of carbonyl (C=O) groups excluding carboxylic acids is 2. The summed E-state index contributed by atoms with van der Waals surface area (Å²) in [7, 11) is -13.5. The van der Waals surface area contributed by atoms with Crippen molar-refractivity contribution in [3.63, 3.8) is 0 Å². The van der Waals surface area contributed by atoms with Crippen LogP contribution in [0.3, 0.4) is 0 Å². The van der Waals surface area contributed by atoms with Crippen molar-refractivity contribution in [2.45, 2.75) is 86.5 Å². The van der Waals surface area contributed by atoms with Crippen molar-refractivity contribution in [2.75, 3.05) is 32.8 Å². The lowest BCUT2D eigenvalue weighted by Crippen LogP contribution is -2.68. The van der Waals surface area contributed by atoms with Crippen LogP contribution in [0.2, 0.25) is 10.1 Å². The molecule has 0 aliphatic carbocycles. The van der Waals surface area contributed by atoms with Gasteiger partial charge in [-0.2, -0.15) is 0 Å². The molecule has 412 valence electrons. The minimum Gasteiger partial charge on any atom is -0.396 e. The molecule has 8 aromatic rings. The van der Waals surface area contributed by atoms with E-state index in [1.165, 1.54) is 71.5 Å². The quantitative estimate of drug-likeness (QED) is 0.0563. The van der Waals surface area contributed by atoms with Gasteiger partial charge >= 0.3 is 0 Å². The van der Waals surface area contributed by atoms with Gasteiger partial charge in [0.2, 0.25) is 0 Å². The van der Waals surface area contributed by atoms with Crippen LogP contribution in [0.1, 0.15) is 54.4 Å². The number of nitrogens with one attached hydrogen (secondary N) is 3. The van der Waals surface area contributed by atoms with E-state index in [0.717, 1.165) is 20.7 Å². The maximum Gasteiger partial charge on any atom is 0.263 e. The number of rotatable bonds is 19. The number of aliphatic hydroxyl groups excluding tert-OH is 1. The van der Waals surface area contributed by atoms with Crippen LogP contribution in [0.15, 0.2) is 203 Å². The van der Waals surface area contributed by atoms with Crippen LogP contribution in [0.25, 0.3) is 0 Å². The van der Waals surface area contributed by atoms with Crippen LogP contribution >= 0.6 is 22.7 Å². The molecule has 0 saturated carbocycles. The van der Waals surface area contributed by atoms with Crippen molar-refractivity contribution < 1.29 is 40.4 Å². The molecule has 0 spiro atoms. The van der Waals surface area contributed by atoms with Crippen molar-refractivity contribution in [3.05, 3.63) is 193 Å². The summed E-state index contributed by atoms with van der Waals surface area (Å²) < 4.78 is 69.7. The fourth-order valence-electron chi connectivity index (χ4n) is 9.83. The van der Waals surface area contributed by atoms with Gasteiger partial charge < -0.3 is 24.2 Å². The van der Waals surface area contributed by atoms with Gasteiger partial charge in [0.25, 0.3) is 48.5 Å². The highest BCUT2D eigenvalue weighted by Gasteiger charge is 2.54. The van der Waals surface area contributed by atoms with E-state index in [0.29, 0.717) is 29.5 Å². The average Bonchev–Trinajstić information content (AvgIpc) is 4.33. The molecule has 0 unspecified atom stereocenters. The average molecular weight is 1170 g/mol. The largest absolute Gasteiger partial charge is 0.396 e. The molecule has 4 N–H and O–H groups in total. The number of thiazole rings is 2.